The van der Waals surface area contributed by atoms with Crippen LogP contribution < -0.4 is 5.32 Å². The van der Waals surface area contributed by atoms with Gasteiger partial charge in [-0.3, -0.25) is 19.3 Å². The Labute approximate surface area is 193 Å². The minimum atomic E-state index is -0.416. The average molecular weight is 468 g/mol. The number of aromatic nitrogens is 1. The van der Waals surface area contributed by atoms with Crippen LogP contribution in [0.4, 0.5) is 4.79 Å². The summed E-state index contributed by atoms with van der Waals surface area (Å²) in [5.74, 6) is -0.420. The van der Waals surface area contributed by atoms with E-state index in [1.165, 1.54) is 0 Å². The van der Waals surface area contributed by atoms with Gasteiger partial charge >= 0.3 is 0 Å². The maximum atomic E-state index is 12.8. The predicted octanol–water partition coefficient (Wildman–Crippen LogP) is 4.77. The van der Waals surface area contributed by atoms with Crippen LogP contribution in [0, 0.1) is 6.92 Å². The molecule has 1 saturated heterocycles. The number of amides is 3. The van der Waals surface area contributed by atoms with Gasteiger partial charge in [-0.2, -0.15) is 0 Å². The molecule has 1 aliphatic heterocycles. The third kappa shape index (κ3) is 4.46. The van der Waals surface area contributed by atoms with E-state index >= 15 is 0 Å². The zero-order chi connectivity index (χ0) is 22.7. The van der Waals surface area contributed by atoms with E-state index in [1.54, 1.807) is 37.3 Å². The highest BCUT2D eigenvalue weighted by atomic mass is 35.5. The zero-order valence-corrected chi connectivity index (χ0v) is 18.6. The monoisotopic (exact) mass is 467 g/mol. The molecule has 0 saturated carbocycles. The molecule has 2 aromatic carbocycles. The Morgan fingerprint density at radius 2 is 1.88 bits per heavy atom. The van der Waals surface area contributed by atoms with E-state index in [-0.39, 0.29) is 23.9 Å². The van der Waals surface area contributed by atoms with Crippen LogP contribution in [0.2, 0.25) is 5.02 Å². The van der Waals surface area contributed by atoms with Crippen molar-refractivity contribution in [2.75, 3.05) is 13.1 Å². The second-order valence-corrected chi connectivity index (χ2v) is 8.34. The minimum Gasteiger partial charge on any atom is -0.360 e. The van der Waals surface area contributed by atoms with Crippen LogP contribution in [0.25, 0.3) is 17.3 Å². The molecule has 0 atom stereocenters. The molecule has 3 amide bonds. The lowest BCUT2D eigenvalue weighted by molar-refractivity contribution is -0.122. The fourth-order valence-electron chi connectivity index (χ4n) is 3.23. The summed E-state index contributed by atoms with van der Waals surface area (Å²) in [6.45, 7) is 1.79. The van der Waals surface area contributed by atoms with Crippen LogP contribution in [-0.2, 0) is 4.79 Å². The van der Waals surface area contributed by atoms with Gasteiger partial charge < -0.3 is 9.84 Å². The number of nitrogens with zero attached hydrogens (tertiary/aromatic N) is 2. The highest BCUT2D eigenvalue weighted by molar-refractivity contribution is 8.18. The molecule has 1 aliphatic rings. The quantitative estimate of drug-likeness (QED) is 0.525. The third-order valence-corrected chi connectivity index (χ3v) is 6.07. The lowest BCUT2D eigenvalue weighted by Gasteiger charge is -2.13. The Hall–Kier alpha value is -3.36. The number of halogens is 1. The van der Waals surface area contributed by atoms with Crippen molar-refractivity contribution in [3.8, 4) is 11.3 Å². The summed E-state index contributed by atoms with van der Waals surface area (Å²) in [6, 6.07) is 16.3. The number of hydrogen-bond donors (Lipinski definition) is 1. The van der Waals surface area contributed by atoms with Gasteiger partial charge in [-0.25, -0.2) is 0 Å². The molecular weight excluding hydrogens is 450 g/mol. The highest BCUT2D eigenvalue weighted by Crippen LogP contribution is 2.33. The molecule has 0 aliphatic carbocycles. The van der Waals surface area contributed by atoms with Gasteiger partial charge in [-0.1, -0.05) is 65.3 Å². The van der Waals surface area contributed by atoms with E-state index in [0.717, 1.165) is 22.2 Å². The van der Waals surface area contributed by atoms with E-state index in [9.17, 15) is 14.4 Å². The van der Waals surface area contributed by atoms with Crippen molar-refractivity contribution in [2.45, 2.75) is 6.92 Å². The summed E-state index contributed by atoms with van der Waals surface area (Å²) in [5.41, 5.74) is 2.17. The molecule has 1 N–H and O–H groups in total. The number of aryl methyl sites for hydroxylation is 1. The maximum Gasteiger partial charge on any atom is 0.293 e. The predicted molar refractivity (Wildman–Crippen MR) is 123 cm³/mol. The Morgan fingerprint density at radius 3 is 2.62 bits per heavy atom. The van der Waals surface area contributed by atoms with Gasteiger partial charge in [0.2, 0.25) is 0 Å². The first kappa shape index (κ1) is 21.9. The van der Waals surface area contributed by atoms with Crippen molar-refractivity contribution in [1.82, 2.24) is 15.4 Å². The topological polar surface area (TPSA) is 92.5 Å². The third-order valence-electron chi connectivity index (χ3n) is 4.82. The van der Waals surface area contributed by atoms with E-state index in [2.05, 4.69) is 10.5 Å². The second-order valence-electron chi connectivity index (χ2n) is 6.94. The lowest BCUT2D eigenvalue weighted by Crippen LogP contribution is -2.37. The Bertz CT molecular complexity index is 1220. The van der Waals surface area contributed by atoms with Crippen LogP contribution >= 0.6 is 23.4 Å². The fourth-order valence-corrected chi connectivity index (χ4v) is 4.27. The number of thioether (sulfide) groups is 1. The van der Waals surface area contributed by atoms with Crippen LogP contribution in [-0.4, -0.2) is 40.2 Å². The molecule has 2 heterocycles. The molecule has 32 heavy (non-hydrogen) atoms. The molecule has 4 rings (SSSR count). The molecule has 7 nitrogen and oxygen atoms in total. The average Bonchev–Trinajstić information content (AvgIpc) is 3.30. The number of carbonyl (C=O) groups excluding carboxylic acids is 3. The molecule has 0 spiro atoms. The fraction of sp³-hybridized carbons (Fsp3) is 0.130. The highest BCUT2D eigenvalue weighted by Gasteiger charge is 2.35. The van der Waals surface area contributed by atoms with Crippen LogP contribution in [0.15, 0.2) is 64.0 Å². The summed E-state index contributed by atoms with van der Waals surface area (Å²) >= 11 is 6.98. The first-order valence-electron chi connectivity index (χ1n) is 9.75. The second kappa shape index (κ2) is 9.42. The number of rotatable bonds is 6. The van der Waals surface area contributed by atoms with Crippen molar-refractivity contribution in [1.29, 1.82) is 0 Å². The van der Waals surface area contributed by atoms with Crippen LogP contribution in [0.1, 0.15) is 21.7 Å². The van der Waals surface area contributed by atoms with Gasteiger partial charge in [0.15, 0.2) is 0 Å². The Morgan fingerprint density at radius 1 is 1.16 bits per heavy atom. The Kier molecular flexibility index (Phi) is 6.43. The smallest absolute Gasteiger partial charge is 0.293 e. The summed E-state index contributed by atoms with van der Waals surface area (Å²) in [7, 11) is 0. The molecule has 0 bridgehead atoms. The van der Waals surface area contributed by atoms with Gasteiger partial charge in [-0.15, -0.1) is 0 Å². The molecule has 1 fully saturated rings. The first-order chi connectivity index (χ1) is 15.5. The lowest BCUT2D eigenvalue weighted by atomic mass is 10.1. The van der Waals surface area contributed by atoms with Crippen LogP contribution in [0.3, 0.4) is 0 Å². The van der Waals surface area contributed by atoms with Gasteiger partial charge in [0.25, 0.3) is 17.1 Å². The summed E-state index contributed by atoms with van der Waals surface area (Å²) in [6.07, 6.45) is 1.60. The number of nitrogens with one attached hydrogen (secondary N) is 1. The molecule has 9 heteroatoms. The summed E-state index contributed by atoms with van der Waals surface area (Å²) in [5, 5.41) is 6.84. The van der Waals surface area contributed by atoms with Crippen molar-refractivity contribution >= 4 is 46.5 Å². The van der Waals surface area contributed by atoms with Gasteiger partial charge in [0.1, 0.15) is 17.0 Å². The summed E-state index contributed by atoms with van der Waals surface area (Å²) in [4.78, 5) is 39.1. The molecule has 0 radical (unpaired) electrons. The standard InChI is InChI=1S/C23H18ClN3O4S/c1-14-19(20(26-31-14)15-7-3-2-4-8-15)21(28)25-11-12-27-22(29)18(32-23(27)30)13-16-9-5-6-10-17(16)24/h2-10,13H,11-12H2,1H3,(H,25,28)/b18-13-. The minimum absolute atomic E-state index is 0.0429. The first-order valence-corrected chi connectivity index (χ1v) is 10.9. The van der Waals surface area contributed by atoms with Crippen molar-refractivity contribution in [3.63, 3.8) is 0 Å². The Balaban J connectivity index is 1.42. The largest absolute Gasteiger partial charge is 0.360 e. The van der Waals surface area contributed by atoms with E-state index in [0.29, 0.717) is 27.6 Å². The van der Waals surface area contributed by atoms with Gasteiger partial charge in [0, 0.05) is 23.7 Å². The van der Waals surface area contributed by atoms with E-state index < -0.39 is 11.1 Å². The van der Waals surface area contributed by atoms with Crippen molar-refractivity contribution in [2.24, 2.45) is 0 Å². The molecular formula is C23H18ClN3O4S. The van der Waals surface area contributed by atoms with E-state index in [1.807, 2.05) is 30.3 Å². The molecule has 0 unspecified atom stereocenters. The number of benzene rings is 2. The van der Waals surface area contributed by atoms with Crippen molar-refractivity contribution < 1.29 is 18.9 Å². The molecule has 162 valence electrons. The SMILES string of the molecule is Cc1onc(-c2ccccc2)c1C(=O)NCCN1C(=O)S/C(=C\c2ccccc2Cl)C1=O. The van der Waals surface area contributed by atoms with Crippen molar-refractivity contribution in [3.05, 3.63) is 81.4 Å². The normalized spacial score (nSPS) is 14.9. The maximum absolute atomic E-state index is 12.8. The molecule has 1 aromatic heterocycles. The molecule has 3 aromatic rings. The number of carbonyl (C=O) groups is 3. The number of hydrogen-bond acceptors (Lipinski definition) is 6. The van der Waals surface area contributed by atoms with Gasteiger partial charge in [-0.05, 0) is 36.4 Å². The van der Waals surface area contributed by atoms with E-state index in [4.69, 9.17) is 16.1 Å². The van der Waals surface area contributed by atoms with Gasteiger partial charge in [0.05, 0.1) is 4.91 Å². The van der Waals surface area contributed by atoms with Crippen LogP contribution in [0.5, 0.6) is 0 Å². The zero-order valence-electron chi connectivity index (χ0n) is 17.0. The number of imide groups is 1. The summed E-state index contributed by atoms with van der Waals surface area (Å²) < 4.78 is 5.21.